The van der Waals surface area contributed by atoms with E-state index < -0.39 is 0 Å². The maximum absolute atomic E-state index is 12.3. The number of benzene rings is 2. The predicted molar refractivity (Wildman–Crippen MR) is 79.8 cm³/mol. The molecule has 0 aliphatic carbocycles. The molecule has 0 spiro atoms. The van der Waals surface area contributed by atoms with E-state index in [0.717, 1.165) is 0 Å². The van der Waals surface area contributed by atoms with Crippen molar-refractivity contribution >= 4 is 23.2 Å². The second-order valence-electron chi connectivity index (χ2n) is 3.94. The van der Waals surface area contributed by atoms with Gasteiger partial charge in [0.15, 0.2) is 0 Å². The van der Waals surface area contributed by atoms with Crippen LogP contribution in [-0.4, -0.2) is 17.6 Å². The summed E-state index contributed by atoms with van der Waals surface area (Å²) >= 11 is 6.00. The zero-order valence-electron chi connectivity index (χ0n) is 10.6. The van der Waals surface area contributed by atoms with E-state index in [0.29, 0.717) is 21.8 Å². The lowest BCUT2D eigenvalue weighted by Gasteiger charge is -2.08. The Morgan fingerprint density at radius 3 is 2.60 bits per heavy atom. The lowest BCUT2D eigenvalue weighted by molar-refractivity contribution is 0.102. The number of rotatable bonds is 2. The van der Waals surface area contributed by atoms with Gasteiger partial charge < -0.3 is 10.4 Å². The van der Waals surface area contributed by atoms with Crippen molar-refractivity contribution < 1.29 is 9.90 Å². The molecule has 0 saturated carbocycles. The average molecular weight is 286 g/mol. The maximum Gasteiger partial charge on any atom is 0.256 e. The third-order valence-electron chi connectivity index (χ3n) is 2.60. The molecular weight excluding hydrogens is 274 g/mol. The molecule has 0 radical (unpaired) electrons. The quantitative estimate of drug-likeness (QED) is 0.834. The molecule has 100 valence electrons. The summed E-state index contributed by atoms with van der Waals surface area (Å²) in [5, 5.41) is 12.0. The van der Waals surface area contributed by atoms with Crippen LogP contribution in [0.5, 0.6) is 0 Å². The van der Waals surface area contributed by atoms with Crippen molar-refractivity contribution in [1.29, 1.82) is 0 Å². The molecule has 4 heteroatoms. The molecule has 20 heavy (non-hydrogen) atoms. The first-order valence-corrected chi connectivity index (χ1v) is 6.35. The number of hydrogen-bond acceptors (Lipinski definition) is 2. The fourth-order valence-electron chi connectivity index (χ4n) is 1.68. The van der Waals surface area contributed by atoms with Gasteiger partial charge in [-0.15, -0.1) is 0 Å². The highest BCUT2D eigenvalue weighted by molar-refractivity contribution is 6.33. The molecule has 2 aromatic carbocycles. The Bertz CT molecular complexity index is 686. The van der Waals surface area contributed by atoms with Crippen LogP contribution in [0.4, 0.5) is 5.69 Å². The number of aliphatic hydroxyl groups is 1. The van der Waals surface area contributed by atoms with Crippen molar-refractivity contribution in [2.75, 3.05) is 11.9 Å². The smallest absolute Gasteiger partial charge is 0.256 e. The third kappa shape index (κ3) is 3.39. The van der Waals surface area contributed by atoms with Gasteiger partial charge in [-0.05, 0) is 24.3 Å². The fourth-order valence-corrected chi connectivity index (χ4v) is 1.86. The molecule has 2 rings (SSSR count). The summed E-state index contributed by atoms with van der Waals surface area (Å²) < 4.78 is 0. The van der Waals surface area contributed by atoms with Crippen LogP contribution in [0, 0.1) is 11.8 Å². The number of aliphatic hydroxyl groups excluding tert-OH is 1. The van der Waals surface area contributed by atoms with Crippen molar-refractivity contribution in [3.05, 3.63) is 64.7 Å². The molecule has 0 atom stereocenters. The number of carbonyl (C=O) groups is 1. The van der Waals surface area contributed by atoms with Crippen molar-refractivity contribution in [2.45, 2.75) is 0 Å². The molecule has 2 aromatic rings. The van der Waals surface area contributed by atoms with E-state index in [-0.39, 0.29) is 12.5 Å². The second kappa shape index (κ2) is 6.76. The number of carbonyl (C=O) groups excluding carboxylic acids is 1. The Morgan fingerprint density at radius 2 is 1.85 bits per heavy atom. The summed E-state index contributed by atoms with van der Waals surface area (Å²) in [4.78, 5) is 12.3. The Balaban J connectivity index is 2.28. The van der Waals surface area contributed by atoms with E-state index in [1.165, 1.54) is 0 Å². The monoisotopic (exact) mass is 285 g/mol. The molecule has 0 bridgehead atoms. The first kappa shape index (κ1) is 14.1. The van der Waals surface area contributed by atoms with Crippen LogP contribution in [-0.2, 0) is 0 Å². The standard InChI is InChI=1S/C16H12ClNO2/c17-14-9-3-4-10-15(14)18-16(20)13-8-2-1-6-12(13)7-5-11-19/h1-4,6,8-10,19H,11H2,(H,18,20). The van der Waals surface area contributed by atoms with Crippen molar-refractivity contribution in [1.82, 2.24) is 0 Å². The van der Waals surface area contributed by atoms with Gasteiger partial charge in [-0.1, -0.05) is 47.7 Å². The Labute approximate surface area is 122 Å². The molecule has 3 nitrogen and oxygen atoms in total. The number of para-hydroxylation sites is 1. The van der Waals surface area contributed by atoms with Gasteiger partial charge in [0.25, 0.3) is 5.91 Å². The number of hydrogen-bond donors (Lipinski definition) is 2. The predicted octanol–water partition coefficient (Wildman–Crippen LogP) is 2.94. The number of nitrogens with one attached hydrogen (secondary N) is 1. The first-order valence-electron chi connectivity index (χ1n) is 5.97. The normalized spacial score (nSPS) is 9.50. The minimum Gasteiger partial charge on any atom is -0.384 e. The van der Waals surface area contributed by atoms with Gasteiger partial charge in [0.1, 0.15) is 6.61 Å². The van der Waals surface area contributed by atoms with Crippen LogP contribution >= 0.6 is 11.6 Å². The van der Waals surface area contributed by atoms with Gasteiger partial charge in [-0.25, -0.2) is 0 Å². The zero-order chi connectivity index (χ0) is 14.4. The second-order valence-corrected chi connectivity index (χ2v) is 4.35. The molecule has 0 unspecified atom stereocenters. The summed E-state index contributed by atoms with van der Waals surface area (Å²) in [6.07, 6.45) is 0. The van der Waals surface area contributed by atoms with Gasteiger partial charge in [0, 0.05) is 5.56 Å². The van der Waals surface area contributed by atoms with Crippen LogP contribution in [0.15, 0.2) is 48.5 Å². The number of amides is 1. The largest absolute Gasteiger partial charge is 0.384 e. The highest BCUT2D eigenvalue weighted by Gasteiger charge is 2.11. The van der Waals surface area contributed by atoms with E-state index in [1.807, 2.05) is 0 Å². The van der Waals surface area contributed by atoms with E-state index in [9.17, 15) is 4.79 Å². The average Bonchev–Trinajstić information content (AvgIpc) is 2.47. The Kier molecular flexibility index (Phi) is 4.78. The number of halogens is 1. The third-order valence-corrected chi connectivity index (χ3v) is 2.93. The summed E-state index contributed by atoms with van der Waals surface area (Å²) in [5.41, 5.74) is 1.54. The molecule has 0 aromatic heterocycles. The van der Waals surface area contributed by atoms with Gasteiger partial charge in [0.05, 0.1) is 16.3 Å². The van der Waals surface area contributed by atoms with Gasteiger partial charge >= 0.3 is 0 Å². The van der Waals surface area contributed by atoms with Gasteiger partial charge in [-0.2, -0.15) is 0 Å². The van der Waals surface area contributed by atoms with E-state index >= 15 is 0 Å². The summed E-state index contributed by atoms with van der Waals surface area (Å²) in [7, 11) is 0. The van der Waals surface area contributed by atoms with Crippen molar-refractivity contribution in [2.24, 2.45) is 0 Å². The topological polar surface area (TPSA) is 49.3 Å². The maximum atomic E-state index is 12.3. The van der Waals surface area contributed by atoms with Gasteiger partial charge in [-0.3, -0.25) is 4.79 Å². The molecule has 0 saturated heterocycles. The minimum absolute atomic E-state index is 0.250. The Morgan fingerprint density at radius 1 is 1.15 bits per heavy atom. The summed E-state index contributed by atoms with van der Waals surface area (Å²) in [6, 6.07) is 13.9. The minimum atomic E-state index is -0.291. The van der Waals surface area contributed by atoms with E-state index in [2.05, 4.69) is 17.2 Å². The van der Waals surface area contributed by atoms with Crippen molar-refractivity contribution in [3.63, 3.8) is 0 Å². The molecule has 1 amide bonds. The lowest BCUT2D eigenvalue weighted by Crippen LogP contribution is -2.13. The molecule has 2 N–H and O–H groups in total. The number of anilines is 1. The molecule has 0 aliphatic rings. The van der Waals surface area contributed by atoms with E-state index in [1.54, 1.807) is 48.5 Å². The van der Waals surface area contributed by atoms with Crippen LogP contribution in [0.3, 0.4) is 0 Å². The first-order chi connectivity index (χ1) is 9.72. The highest BCUT2D eigenvalue weighted by Crippen LogP contribution is 2.21. The van der Waals surface area contributed by atoms with Crippen LogP contribution in [0.2, 0.25) is 5.02 Å². The summed E-state index contributed by atoms with van der Waals surface area (Å²) in [5.74, 6) is 4.99. The molecular formula is C16H12ClNO2. The Hall–Kier alpha value is -2.28. The molecule has 0 fully saturated rings. The van der Waals surface area contributed by atoms with Crippen LogP contribution in [0.1, 0.15) is 15.9 Å². The molecule has 0 heterocycles. The fraction of sp³-hybridized carbons (Fsp3) is 0.0625. The van der Waals surface area contributed by atoms with Crippen LogP contribution < -0.4 is 5.32 Å². The highest BCUT2D eigenvalue weighted by atomic mass is 35.5. The lowest BCUT2D eigenvalue weighted by atomic mass is 10.1. The van der Waals surface area contributed by atoms with Crippen LogP contribution in [0.25, 0.3) is 0 Å². The zero-order valence-corrected chi connectivity index (χ0v) is 11.3. The van der Waals surface area contributed by atoms with Crippen molar-refractivity contribution in [3.8, 4) is 11.8 Å². The SMILES string of the molecule is O=C(Nc1ccccc1Cl)c1ccccc1C#CCO. The molecule has 0 aliphatic heterocycles. The van der Waals surface area contributed by atoms with E-state index in [4.69, 9.17) is 16.7 Å². The van der Waals surface area contributed by atoms with Gasteiger partial charge in [0.2, 0.25) is 0 Å². The summed E-state index contributed by atoms with van der Waals surface area (Å²) in [6.45, 7) is -0.250.